The van der Waals surface area contributed by atoms with E-state index in [0.29, 0.717) is 17.9 Å². The molecule has 1 aliphatic rings. The molecule has 0 N–H and O–H groups in total. The molecule has 0 atom stereocenters. The number of hydrogen-bond donors (Lipinski definition) is 0. The zero-order valence-electron chi connectivity index (χ0n) is 14.8. The Morgan fingerprint density at radius 3 is 2.04 bits per heavy atom. The van der Waals surface area contributed by atoms with Crippen LogP contribution < -0.4 is 0 Å². The Balaban J connectivity index is 2.25. The van der Waals surface area contributed by atoms with Crippen molar-refractivity contribution in [1.82, 2.24) is 0 Å². The van der Waals surface area contributed by atoms with Gasteiger partial charge in [0, 0.05) is 0 Å². The first kappa shape index (κ1) is 18.8. The average Bonchev–Trinajstić information content (AvgIpc) is 2.57. The van der Waals surface area contributed by atoms with Crippen molar-refractivity contribution in [3.8, 4) is 0 Å². The van der Waals surface area contributed by atoms with Crippen molar-refractivity contribution in [2.45, 2.75) is 59.3 Å². The van der Waals surface area contributed by atoms with Gasteiger partial charge in [-0.2, -0.15) is 0 Å². The van der Waals surface area contributed by atoms with Crippen LogP contribution in [0.15, 0.2) is 29.9 Å². The summed E-state index contributed by atoms with van der Waals surface area (Å²) in [5.41, 5.74) is 2.64. The molecule has 0 aromatic heterocycles. The molecule has 0 aliphatic heterocycles. The Morgan fingerprint density at radius 1 is 0.958 bits per heavy atom. The molecule has 1 aromatic carbocycles. The molecule has 0 spiro atoms. The van der Waals surface area contributed by atoms with Crippen molar-refractivity contribution in [3.05, 3.63) is 52.9 Å². The lowest BCUT2D eigenvalue weighted by atomic mass is 9.78. The number of benzene rings is 1. The van der Waals surface area contributed by atoms with E-state index in [1.807, 2.05) is 13.0 Å². The van der Waals surface area contributed by atoms with Gasteiger partial charge in [0.1, 0.15) is 0 Å². The summed E-state index contributed by atoms with van der Waals surface area (Å²) in [4.78, 5) is 0. The molecule has 0 unspecified atom stereocenters. The summed E-state index contributed by atoms with van der Waals surface area (Å²) < 4.78 is 40.1. The summed E-state index contributed by atoms with van der Waals surface area (Å²) in [7, 11) is 0. The lowest BCUT2D eigenvalue weighted by Gasteiger charge is -2.27. The highest BCUT2D eigenvalue weighted by Crippen LogP contribution is 2.34. The normalized spacial score (nSPS) is 22.8. The molecule has 1 saturated carbocycles. The second-order valence-electron chi connectivity index (χ2n) is 6.85. The van der Waals surface area contributed by atoms with Gasteiger partial charge in [-0.1, -0.05) is 51.3 Å². The molecule has 2 rings (SSSR count). The zero-order valence-corrected chi connectivity index (χ0v) is 14.8. The van der Waals surface area contributed by atoms with Gasteiger partial charge in [-0.05, 0) is 60.8 Å². The summed E-state index contributed by atoms with van der Waals surface area (Å²) >= 11 is 0. The minimum absolute atomic E-state index is 0.415. The molecule has 1 aromatic rings. The van der Waals surface area contributed by atoms with Crippen molar-refractivity contribution >= 4 is 5.57 Å². The number of halogens is 3. The molecule has 1 fully saturated rings. The van der Waals surface area contributed by atoms with Gasteiger partial charge in [0.15, 0.2) is 17.5 Å². The van der Waals surface area contributed by atoms with E-state index in [1.165, 1.54) is 31.3 Å². The van der Waals surface area contributed by atoms with Gasteiger partial charge in [-0.15, -0.1) is 0 Å². The fourth-order valence-corrected chi connectivity index (χ4v) is 3.54. The van der Waals surface area contributed by atoms with Crippen molar-refractivity contribution in [3.63, 3.8) is 0 Å². The summed E-state index contributed by atoms with van der Waals surface area (Å²) in [6.45, 7) is 6.39. The van der Waals surface area contributed by atoms with Gasteiger partial charge in [-0.3, -0.25) is 0 Å². The molecule has 0 bridgehead atoms. The topological polar surface area (TPSA) is 0 Å². The molecule has 1 aliphatic carbocycles. The van der Waals surface area contributed by atoms with Crippen LogP contribution in [0.1, 0.15) is 64.9 Å². The van der Waals surface area contributed by atoms with E-state index in [1.54, 1.807) is 0 Å². The van der Waals surface area contributed by atoms with Crippen molar-refractivity contribution in [2.75, 3.05) is 0 Å². The average molecular weight is 336 g/mol. The fourth-order valence-electron chi connectivity index (χ4n) is 3.54. The van der Waals surface area contributed by atoms with Gasteiger partial charge in [-0.25, -0.2) is 13.2 Å². The summed E-state index contributed by atoms with van der Waals surface area (Å²) in [6, 6.07) is 2.16. The lowest BCUT2D eigenvalue weighted by molar-refractivity contribution is 0.317. The zero-order chi connectivity index (χ0) is 17.7. The molecule has 0 nitrogen and oxygen atoms in total. The van der Waals surface area contributed by atoms with Crippen LogP contribution in [0.3, 0.4) is 0 Å². The minimum Gasteiger partial charge on any atom is -0.204 e. The molecule has 0 saturated heterocycles. The van der Waals surface area contributed by atoms with Gasteiger partial charge >= 0.3 is 0 Å². The minimum atomic E-state index is -1.41. The predicted octanol–water partition coefficient (Wildman–Crippen LogP) is 7.06. The van der Waals surface area contributed by atoms with Crippen LogP contribution in [0.25, 0.3) is 5.57 Å². The largest absolute Gasteiger partial charge is 0.204 e. The van der Waals surface area contributed by atoms with Gasteiger partial charge < -0.3 is 0 Å². The van der Waals surface area contributed by atoms with E-state index >= 15 is 0 Å². The van der Waals surface area contributed by atoms with E-state index in [2.05, 4.69) is 19.9 Å². The van der Waals surface area contributed by atoms with Crippen molar-refractivity contribution in [1.29, 1.82) is 0 Å². The molecular weight excluding hydrogens is 309 g/mol. The second-order valence-corrected chi connectivity index (χ2v) is 6.85. The van der Waals surface area contributed by atoms with Crippen LogP contribution >= 0.6 is 0 Å². The second kappa shape index (κ2) is 8.55. The maximum atomic E-state index is 13.5. The summed E-state index contributed by atoms with van der Waals surface area (Å²) in [5, 5.41) is 0. The Bertz CT molecular complexity index is 597. The standard InChI is InChI=1S/C21H27F3/c1-4-15(17-8-6-14(3)7-9-17)10-11-16(5-2)18-12-19(22)21(24)20(23)13-18/h10-14,17H,4-9H2,1-3H3/b15-10+,16-11+. The quantitative estimate of drug-likeness (QED) is 0.399. The van der Waals surface area contributed by atoms with E-state index in [9.17, 15) is 13.2 Å². The summed E-state index contributed by atoms with van der Waals surface area (Å²) in [6.07, 6.45) is 10.6. The van der Waals surface area contributed by atoms with Gasteiger partial charge in [0.2, 0.25) is 0 Å². The number of hydrogen-bond acceptors (Lipinski definition) is 0. The Hall–Kier alpha value is -1.51. The van der Waals surface area contributed by atoms with Crippen molar-refractivity contribution < 1.29 is 13.2 Å². The first-order valence-electron chi connectivity index (χ1n) is 9.00. The highest BCUT2D eigenvalue weighted by atomic mass is 19.2. The van der Waals surface area contributed by atoms with E-state index in [4.69, 9.17) is 0 Å². The third kappa shape index (κ3) is 4.52. The van der Waals surface area contributed by atoms with E-state index in [-0.39, 0.29) is 0 Å². The first-order valence-corrected chi connectivity index (χ1v) is 9.00. The van der Waals surface area contributed by atoms with Gasteiger partial charge in [0.25, 0.3) is 0 Å². The molecule has 0 heterocycles. The monoisotopic (exact) mass is 336 g/mol. The molecular formula is C21H27F3. The van der Waals surface area contributed by atoms with Crippen LogP contribution in [-0.2, 0) is 0 Å². The van der Waals surface area contributed by atoms with E-state index in [0.717, 1.165) is 30.0 Å². The van der Waals surface area contributed by atoms with Crippen LogP contribution in [0.5, 0.6) is 0 Å². The fraction of sp³-hybridized carbons (Fsp3) is 0.524. The highest BCUT2D eigenvalue weighted by Gasteiger charge is 2.20. The summed E-state index contributed by atoms with van der Waals surface area (Å²) in [5.74, 6) is -2.25. The predicted molar refractivity (Wildman–Crippen MR) is 94.1 cm³/mol. The molecule has 0 amide bonds. The van der Waals surface area contributed by atoms with Crippen LogP contribution in [0.2, 0.25) is 0 Å². The highest BCUT2D eigenvalue weighted by molar-refractivity contribution is 5.67. The van der Waals surface area contributed by atoms with Crippen molar-refractivity contribution in [2.24, 2.45) is 11.8 Å². The van der Waals surface area contributed by atoms with Crippen LogP contribution in [0, 0.1) is 29.3 Å². The molecule has 24 heavy (non-hydrogen) atoms. The molecule has 0 radical (unpaired) electrons. The third-order valence-corrected chi connectivity index (χ3v) is 5.18. The molecule has 132 valence electrons. The van der Waals surface area contributed by atoms with Crippen LogP contribution in [0.4, 0.5) is 13.2 Å². The maximum absolute atomic E-state index is 13.5. The van der Waals surface area contributed by atoms with Crippen LogP contribution in [-0.4, -0.2) is 0 Å². The molecule has 3 heteroatoms. The SMILES string of the molecule is CC/C(=C\C=C(/CC)C1CCC(C)CC1)c1cc(F)c(F)c(F)c1. The number of rotatable bonds is 5. The maximum Gasteiger partial charge on any atom is 0.194 e. The third-order valence-electron chi connectivity index (χ3n) is 5.18. The first-order chi connectivity index (χ1) is 11.5. The lowest BCUT2D eigenvalue weighted by Crippen LogP contribution is -2.14. The Morgan fingerprint density at radius 2 is 1.54 bits per heavy atom. The number of allylic oxidation sites excluding steroid dienone is 4. The van der Waals surface area contributed by atoms with E-state index < -0.39 is 17.5 Å². The van der Waals surface area contributed by atoms with Gasteiger partial charge in [0.05, 0.1) is 0 Å². The Labute approximate surface area is 143 Å². The Kier molecular flexibility index (Phi) is 6.70. The smallest absolute Gasteiger partial charge is 0.194 e.